The first-order chi connectivity index (χ1) is 33.8. The summed E-state index contributed by atoms with van der Waals surface area (Å²) < 4.78 is 32.8. The van der Waals surface area contributed by atoms with Crippen LogP contribution in [0.4, 0.5) is 0 Å². The fraction of sp³-hybridized carbons (Fsp3) is 0.492. The molecule has 69 heavy (non-hydrogen) atoms. The van der Waals surface area contributed by atoms with Gasteiger partial charge in [0.25, 0.3) is 0 Å². The fourth-order valence-electron chi connectivity index (χ4n) is 5.89. The molecule has 2 unspecified atom stereocenters. The van der Waals surface area contributed by atoms with Gasteiger partial charge in [-0.05, 0) is 128 Å². The van der Waals surface area contributed by atoms with Crippen LogP contribution in [0.3, 0.4) is 0 Å². The van der Waals surface area contributed by atoms with Crippen molar-refractivity contribution in [2.45, 2.75) is 161 Å². The van der Waals surface area contributed by atoms with E-state index in [4.69, 9.17) is 24.3 Å². The highest BCUT2D eigenvalue weighted by Gasteiger charge is 2.26. The van der Waals surface area contributed by atoms with Gasteiger partial charge < -0.3 is 20.1 Å². The minimum absolute atomic E-state index is 0.0288. The third-order valence-electron chi connectivity index (χ3n) is 9.60. The summed E-state index contributed by atoms with van der Waals surface area (Å²) >= 11 is 0. The summed E-state index contributed by atoms with van der Waals surface area (Å²) in [6, 6.07) is 0. The second-order valence-corrected chi connectivity index (χ2v) is 17.4. The van der Waals surface area contributed by atoms with Crippen LogP contribution in [0.25, 0.3) is 0 Å². The van der Waals surface area contributed by atoms with Crippen molar-refractivity contribution in [2.75, 3.05) is 26.4 Å². The molecule has 0 radical (unpaired) electrons. The Labute approximate surface area is 419 Å². The zero-order chi connectivity index (χ0) is 50.2. The Morgan fingerprint density at radius 2 is 0.739 bits per heavy atom. The third-order valence-corrected chi connectivity index (χ3v) is 10.6. The van der Waals surface area contributed by atoms with Gasteiger partial charge in [-0.3, -0.25) is 18.6 Å². The molecule has 0 bridgehead atoms. The van der Waals surface area contributed by atoms with Crippen molar-refractivity contribution in [3.63, 3.8) is 0 Å². The molecule has 0 heterocycles. The van der Waals surface area contributed by atoms with Gasteiger partial charge in [-0.2, -0.15) is 0 Å². The number of carbonyl (C=O) groups excluding carboxylic acids is 2. The number of unbranched alkanes of at least 4 members (excludes halogenated alkanes) is 4. The molecule has 0 rings (SSSR count). The number of nitrogens with two attached hydrogens (primary N) is 1. The normalized spacial score (nSPS) is 14.6. The van der Waals surface area contributed by atoms with Gasteiger partial charge in [0, 0.05) is 19.4 Å². The van der Waals surface area contributed by atoms with Crippen molar-refractivity contribution in [3.8, 4) is 0 Å². The lowest BCUT2D eigenvalue weighted by molar-refractivity contribution is -0.161. The summed E-state index contributed by atoms with van der Waals surface area (Å²) in [7, 11) is -4.42. The molecule has 0 saturated carbocycles. The van der Waals surface area contributed by atoms with Crippen molar-refractivity contribution >= 4 is 19.8 Å². The van der Waals surface area contributed by atoms with Gasteiger partial charge in [0.05, 0.1) is 13.2 Å². The van der Waals surface area contributed by atoms with Crippen LogP contribution in [0.1, 0.15) is 155 Å². The molecule has 9 nitrogen and oxygen atoms in total. The molecule has 0 fully saturated rings. The van der Waals surface area contributed by atoms with Gasteiger partial charge in [0.2, 0.25) is 0 Å². The van der Waals surface area contributed by atoms with Crippen molar-refractivity contribution in [3.05, 3.63) is 170 Å². The molecule has 0 aromatic heterocycles. The predicted molar refractivity (Wildman–Crippen MR) is 293 cm³/mol. The second-order valence-electron chi connectivity index (χ2n) is 15.9. The summed E-state index contributed by atoms with van der Waals surface area (Å²) in [5, 5.41) is 0. The monoisotopic (exact) mass is 972 g/mol. The van der Waals surface area contributed by atoms with Crippen LogP contribution in [-0.4, -0.2) is 49.3 Å². The number of hydrogen-bond acceptors (Lipinski definition) is 8. The van der Waals surface area contributed by atoms with Crippen LogP contribution in [0, 0.1) is 0 Å². The van der Waals surface area contributed by atoms with E-state index in [2.05, 4.69) is 184 Å². The number of carbonyl (C=O) groups is 2. The van der Waals surface area contributed by atoms with Crippen LogP contribution in [0.15, 0.2) is 170 Å². The minimum atomic E-state index is -4.42. The predicted octanol–water partition coefficient (Wildman–Crippen LogP) is 15.9. The van der Waals surface area contributed by atoms with Crippen LogP contribution >= 0.6 is 7.82 Å². The van der Waals surface area contributed by atoms with E-state index in [0.29, 0.717) is 12.8 Å². The van der Waals surface area contributed by atoms with Crippen molar-refractivity contribution in [1.29, 1.82) is 0 Å². The minimum Gasteiger partial charge on any atom is -0.462 e. The first-order valence-electron chi connectivity index (χ1n) is 25.6. The molecule has 0 aliphatic rings. The Morgan fingerprint density at radius 1 is 0.435 bits per heavy atom. The van der Waals surface area contributed by atoms with Gasteiger partial charge in [0.1, 0.15) is 6.61 Å². The Morgan fingerprint density at radius 3 is 1.06 bits per heavy atom. The number of rotatable bonds is 45. The Kier molecular flexibility index (Phi) is 49.2. The molecule has 0 aliphatic heterocycles. The van der Waals surface area contributed by atoms with Gasteiger partial charge >= 0.3 is 19.8 Å². The van der Waals surface area contributed by atoms with E-state index in [0.717, 1.165) is 116 Å². The van der Waals surface area contributed by atoms with E-state index in [1.807, 2.05) is 0 Å². The third kappa shape index (κ3) is 52.6. The van der Waals surface area contributed by atoms with Crippen LogP contribution in [-0.2, 0) is 32.7 Å². The first kappa shape index (κ1) is 64.4. The smallest absolute Gasteiger partial charge is 0.462 e. The van der Waals surface area contributed by atoms with E-state index < -0.39 is 32.5 Å². The first-order valence-corrected chi connectivity index (χ1v) is 27.1. The van der Waals surface area contributed by atoms with E-state index in [9.17, 15) is 19.0 Å². The van der Waals surface area contributed by atoms with Gasteiger partial charge in [-0.15, -0.1) is 0 Å². The van der Waals surface area contributed by atoms with Crippen molar-refractivity contribution < 1.29 is 37.6 Å². The molecule has 3 N–H and O–H groups in total. The summed E-state index contributed by atoms with van der Waals surface area (Å²) in [5.41, 5.74) is 5.36. The largest absolute Gasteiger partial charge is 0.472 e. The Bertz CT molecular complexity index is 1720. The zero-order valence-electron chi connectivity index (χ0n) is 42.5. The highest BCUT2D eigenvalue weighted by atomic mass is 31.2. The molecular weight excluding hydrogens is 882 g/mol. The summed E-state index contributed by atoms with van der Waals surface area (Å²) in [4.78, 5) is 35.0. The van der Waals surface area contributed by atoms with Crippen LogP contribution in [0.2, 0.25) is 0 Å². The maximum atomic E-state index is 12.7. The molecule has 2 atom stereocenters. The maximum Gasteiger partial charge on any atom is 0.472 e. The molecule has 10 heteroatoms. The summed E-state index contributed by atoms with van der Waals surface area (Å²) in [6.07, 6.45) is 78.2. The quantitative estimate of drug-likeness (QED) is 0.0265. The van der Waals surface area contributed by atoms with E-state index in [1.54, 1.807) is 0 Å². The maximum absolute atomic E-state index is 12.7. The number of phosphoric acid groups is 1. The summed E-state index contributed by atoms with van der Waals surface area (Å²) in [6.45, 7) is 3.37. The number of ether oxygens (including phenoxy) is 2. The number of phosphoric ester groups is 1. The number of esters is 2. The Balaban J connectivity index is 4.29. The van der Waals surface area contributed by atoms with E-state index in [-0.39, 0.29) is 32.6 Å². The lowest BCUT2D eigenvalue weighted by Gasteiger charge is -2.19. The summed E-state index contributed by atoms with van der Waals surface area (Å²) in [5.74, 6) is -0.950. The lowest BCUT2D eigenvalue weighted by atomic mass is 10.1. The van der Waals surface area contributed by atoms with Gasteiger partial charge in [0.15, 0.2) is 6.10 Å². The van der Waals surface area contributed by atoms with Gasteiger partial charge in [-0.1, -0.05) is 184 Å². The highest BCUT2D eigenvalue weighted by molar-refractivity contribution is 7.47. The second kappa shape index (κ2) is 52.7. The fourth-order valence-corrected chi connectivity index (χ4v) is 6.65. The molecule has 0 aliphatic carbocycles. The molecule has 0 aromatic rings. The SMILES string of the molecule is CC/C=C\C/C=C\C/C=C\C/C=C\C/C=C\C/C=C\C/C=C\C/C=C\CCCCC(=O)OC(COC(=O)CCCC/C=C\C/C=C\C/C=C\C/C=C\C/C=C\C/C=C\CC)COP(=O)(O)OCCN. The van der Waals surface area contributed by atoms with Crippen LogP contribution in [0.5, 0.6) is 0 Å². The molecule has 0 saturated heterocycles. The van der Waals surface area contributed by atoms with E-state index >= 15 is 0 Å². The topological polar surface area (TPSA) is 134 Å². The highest BCUT2D eigenvalue weighted by Crippen LogP contribution is 2.43. The van der Waals surface area contributed by atoms with Crippen molar-refractivity contribution in [2.24, 2.45) is 5.73 Å². The lowest BCUT2D eigenvalue weighted by Crippen LogP contribution is -2.29. The number of hydrogen-bond donors (Lipinski definition) is 2. The molecular formula is C59H90NO8P. The number of allylic oxidation sites excluding steroid dienone is 28. The van der Waals surface area contributed by atoms with Crippen molar-refractivity contribution in [1.82, 2.24) is 0 Å². The molecule has 0 amide bonds. The van der Waals surface area contributed by atoms with Crippen LogP contribution < -0.4 is 5.73 Å². The molecule has 0 aromatic carbocycles. The van der Waals surface area contributed by atoms with E-state index in [1.165, 1.54) is 0 Å². The average Bonchev–Trinajstić information content (AvgIpc) is 3.34. The van der Waals surface area contributed by atoms with Gasteiger partial charge in [-0.25, -0.2) is 4.57 Å². The standard InChI is InChI=1S/C59H90NO8P/c1-3-5-7-9-11-13-15-17-19-21-23-25-26-27-28-29-30-32-34-36-38-40-42-44-46-48-50-52-59(62)68-57(56-67-69(63,64)66-54-53-60)55-65-58(61)51-49-47-45-43-41-39-37-35-33-31-24-22-20-18-16-14-12-10-8-6-4-2/h5-8,11-14,17-20,23-25,27-28,30-32,35-38,41-44,57H,3-4,9-10,15-16,21-22,26,29,33-34,39-40,45-56,60H2,1-2H3,(H,63,64)/b7-5-,8-6-,13-11-,14-12-,19-17-,20-18-,25-23-,28-27-,31-24-,32-30-,37-35-,38-36-,43-41-,44-42-. The Hall–Kier alpha value is -4.63. The zero-order valence-corrected chi connectivity index (χ0v) is 43.4. The molecule has 0 spiro atoms. The average molecular weight is 972 g/mol. The molecule has 384 valence electrons.